The van der Waals surface area contributed by atoms with Gasteiger partial charge in [0.2, 0.25) is 0 Å². The van der Waals surface area contributed by atoms with Gasteiger partial charge in [-0.15, -0.1) is 0 Å². The third-order valence-electron chi connectivity index (χ3n) is 6.05. The largest absolute Gasteiger partial charge is 0.508 e. The summed E-state index contributed by atoms with van der Waals surface area (Å²) < 4.78 is 6.33. The third kappa shape index (κ3) is 5.16. The standard InChI is InChI=1S/C29H23BrN2O4/c30-20-6-4-7-21(16-20)31-26(34)17-36-29(35)27-23-8-1-2-10-25(23)32-28-19(5-3-9-24(27)28)15-18-11-13-22(33)14-12-18/h1-2,4,6-8,10-16,33H,3,5,9,17H2,(H,31,34). The van der Waals surface area contributed by atoms with Crippen molar-refractivity contribution in [3.8, 4) is 5.75 Å². The van der Waals surface area contributed by atoms with E-state index in [0.29, 0.717) is 28.6 Å². The SMILES string of the molecule is O=C(COC(=O)c1c2c(nc3ccccc13)C(=Cc1ccc(O)cc1)CCC2)Nc1cccc(Br)c1. The van der Waals surface area contributed by atoms with Crippen LogP contribution in [0, 0.1) is 0 Å². The third-order valence-corrected chi connectivity index (χ3v) is 6.54. The normalized spacial score (nSPS) is 13.9. The number of amides is 1. The molecule has 6 nitrogen and oxygen atoms in total. The van der Waals surface area contributed by atoms with Crippen molar-refractivity contribution in [2.24, 2.45) is 0 Å². The van der Waals surface area contributed by atoms with Gasteiger partial charge < -0.3 is 15.2 Å². The highest BCUT2D eigenvalue weighted by Gasteiger charge is 2.26. The molecule has 0 saturated carbocycles. The number of rotatable bonds is 5. The van der Waals surface area contributed by atoms with Crippen LogP contribution in [0.3, 0.4) is 0 Å². The fraction of sp³-hybridized carbons (Fsp3) is 0.138. The van der Waals surface area contributed by atoms with Gasteiger partial charge in [-0.25, -0.2) is 9.78 Å². The predicted octanol–water partition coefficient (Wildman–Crippen LogP) is 6.38. The van der Waals surface area contributed by atoms with E-state index in [2.05, 4.69) is 21.2 Å². The van der Waals surface area contributed by atoms with Crippen molar-refractivity contribution in [1.82, 2.24) is 4.98 Å². The molecule has 0 spiro atoms. The Bertz CT molecular complexity index is 1500. The Labute approximate surface area is 216 Å². The number of benzene rings is 3. The summed E-state index contributed by atoms with van der Waals surface area (Å²) in [5.74, 6) is -0.749. The maximum Gasteiger partial charge on any atom is 0.339 e. The van der Waals surface area contributed by atoms with Gasteiger partial charge in [0.25, 0.3) is 5.91 Å². The van der Waals surface area contributed by atoms with Crippen LogP contribution in [0.2, 0.25) is 0 Å². The maximum atomic E-state index is 13.4. The Morgan fingerprint density at radius 1 is 1.03 bits per heavy atom. The van der Waals surface area contributed by atoms with Crippen LogP contribution < -0.4 is 5.32 Å². The first-order valence-corrected chi connectivity index (χ1v) is 12.4. The number of aromatic nitrogens is 1. The molecule has 1 aliphatic carbocycles. The number of ether oxygens (including phenoxy) is 1. The van der Waals surface area contributed by atoms with Gasteiger partial charge in [-0.2, -0.15) is 0 Å². The number of phenols is 1. The zero-order valence-corrected chi connectivity index (χ0v) is 20.9. The lowest BCUT2D eigenvalue weighted by molar-refractivity contribution is -0.119. The fourth-order valence-corrected chi connectivity index (χ4v) is 4.85. The number of allylic oxidation sites excluding steroid dienone is 1. The number of nitrogens with one attached hydrogen (secondary N) is 1. The molecule has 0 bridgehead atoms. The summed E-state index contributed by atoms with van der Waals surface area (Å²) in [6.45, 7) is -0.396. The molecule has 0 unspecified atom stereocenters. The monoisotopic (exact) mass is 542 g/mol. The lowest BCUT2D eigenvalue weighted by Crippen LogP contribution is -2.22. The number of hydrogen-bond donors (Lipinski definition) is 2. The van der Waals surface area contributed by atoms with Gasteiger partial charge in [0, 0.05) is 15.5 Å². The second kappa shape index (κ2) is 10.3. The number of nitrogens with zero attached hydrogens (tertiary/aromatic N) is 1. The number of esters is 1. The molecule has 0 aliphatic heterocycles. The second-order valence-corrected chi connectivity index (χ2v) is 9.50. The molecule has 1 amide bonds. The van der Waals surface area contributed by atoms with Crippen molar-refractivity contribution in [3.05, 3.63) is 99.7 Å². The number of pyridine rings is 1. The number of halogens is 1. The molecule has 5 rings (SSSR count). The van der Waals surface area contributed by atoms with Crippen LogP contribution in [0.5, 0.6) is 5.75 Å². The van der Waals surface area contributed by atoms with Crippen molar-refractivity contribution in [2.45, 2.75) is 19.3 Å². The van der Waals surface area contributed by atoms with Crippen LogP contribution in [-0.4, -0.2) is 28.6 Å². The average Bonchev–Trinajstić information content (AvgIpc) is 2.87. The molecule has 3 aromatic carbocycles. The van der Waals surface area contributed by atoms with E-state index in [1.54, 1.807) is 24.3 Å². The molecule has 36 heavy (non-hydrogen) atoms. The molecule has 1 heterocycles. The van der Waals surface area contributed by atoms with E-state index in [4.69, 9.17) is 9.72 Å². The molecule has 0 radical (unpaired) electrons. The van der Waals surface area contributed by atoms with Crippen LogP contribution in [0.1, 0.15) is 40.0 Å². The molecule has 0 saturated heterocycles. The number of hydrogen-bond acceptors (Lipinski definition) is 5. The first-order valence-electron chi connectivity index (χ1n) is 11.6. The van der Waals surface area contributed by atoms with Gasteiger partial charge in [0.05, 0.1) is 16.8 Å². The number of phenolic OH excluding ortho intramolecular Hbond substituents is 1. The van der Waals surface area contributed by atoms with Crippen molar-refractivity contribution in [1.29, 1.82) is 0 Å². The molecule has 0 fully saturated rings. The second-order valence-electron chi connectivity index (χ2n) is 8.58. The van der Waals surface area contributed by atoms with Gasteiger partial charge >= 0.3 is 5.97 Å². The van der Waals surface area contributed by atoms with E-state index in [1.807, 2.05) is 54.6 Å². The summed E-state index contributed by atoms with van der Waals surface area (Å²) in [5, 5.41) is 13.1. The highest BCUT2D eigenvalue weighted by Crippen LogP contribution is 2.36. The molecule has 0 atom stereocenters. The van der Waals surface area contributed by atoms with Crippen LogP contribution >= 0.6 is 15.9 Å². The highest BCUT2D eigenvalue weighted by molar-refractivity contribution is 9.10. The van der Waals surface area contributed by atoms with Crippen LogP contribution in [0.4, 0.5) is 5.69 Å². The number of carbonyl (C=O) groups is 2. The zero-order chi connectivity index (χ0) is 25.1. The van der Waals surface area contributed by atoms with E-state index in [-0.39, 0.29) is 5.75 Å². The first kappa shape index (κ1) is 23.8. The Morgan fingerprint density at radius 2 is 1.83 bits per heavy atom. The van der Waals surface area contributed by atoms with Gasteiger partial charge in [0.15, 0.2) is 6.61 Å². The van der Waals surface area contributed by atoms with Gasteiger partial charge in [-0.05, 0) is 78.4 Å². The van der Waals surface area contributed by atoms with E-state index in [9.17, 15) is 14.7 Å². The van der Waals surface area contributed by atoms with Crippen LogP contribution in [0.15, 0.2) is 77.3 Å². The summed E-state index contributed by atoms with van der Waals surface area (Å²) in [7, 11) is 0. The number of fused-ring (bicyclic) bond motifs is 2. The van der Waals surface area contributed by atoms with Crippen LogP contribution in [-0.2, 0) is 16.0 Å². The molecule has 1 aromatic heterocycles. The van der Waals surface area contributed by atoms with Crippen molar-refractivity contribution < 1.29 is 19.4 Å². The summed E-state index contributed by atoms with van der Waals surface area (Å²) in [4.78, 5) is 30.7. The maximum absolute atomic E-state index is 13.4. The minimum atomic E-state index is -0.542. The lowest BCUT2D eigenvalue weighted by Gasteiger charge is -2.22. The molecule has 4 aromatic rings. The smallest absolute Gasteiger partial charge is 0.339 e. The lowest BCUT2D eigenvalue weighted by atomic mass is 9.86. The molecule has 7 heteroatoms. The van der Waals surface area contributed by atoms with Gasteiger partial charge in [0.1, 0.15) is 5.75 Å². The van der Waals surface area contributed by atoms with E-state index < -0.39 is 18.5 Å². The summed E-state index contributed by atoms with van der Waals surface area (Å²) in [6, 6.07) is 21.7. The van der Waals surface area contributed by atoms with E-state index in [1.165, 1.54) is 0 Å². The Morgan fingerprint density at radius 3 is 2.64 bits per heavy atom. The number of para-hydroxylation sites is 1. The van der Waals surface area contributed by atoms with E-state index >= 15 is 0 Å². The topological polar surface area (TPSA) is 88.5 Å². The highest BCUT2D eigenvalue weighted by atomic mass is 79.9. The molecule has 1 aliphatic rings. The van der Waals surface area contributed by atoms with Crippen molar-refractivity contribution in [3.63, 3.8) is 0 Å². The minimum Gasteiger partial charge on any atom is -0.508 e. The average molecular weight is 543 g/mol. The molecular weight excluding hydrogens is 520 g/mol. The summed E-state index contributed by atoms with van der Waals surface area (Å²) in [6.07, 6.45) is 4.41. The minimum absolute atomic E-state index is 0.208. The zero-order valence-electron chi connectivity index (χ0n) is 19.3. The molecule has 2 N–H and O–H groups in total. The number of anilines is 1. The predicted molar refractivity (Wildman–Crippen MR) is 144 cm³/mol. The van der Waals surface area contributed by atoms with Gasteiger partial charge in [-0.3, -0.25) is 4.79 Å². The Hall–Kier alpha value is -3.97. The summed E-state index contributed by atoms with van der Waals surface area (Å²) in [5.41, 5.74) is 5.35. The summed E-state index contributed by atoms with van der Waals surface area (Å²) >= 11 is 3.37. The van der Waals surface area contributed by atoms with Crippen LogP contribution in [0.25, 0.3) is 22.6 Å². The quantitative estimate of drug-likeness (QED) is 0.286. The first-order chi connectivity index (χ1) is 17.5. The molecular formula is C29H23BrN2O4. The Balaban J connectivity index is 1.46. The number of aromatic hydroxyl groups is 1. The van der Waals surface area contributed by atoms with Crippen molar-refractivity contribution >= 4 is 56.0 Å². The fourth-order valence-electron chi connectivity index (χ4n) is 4.45. The van der Waals surface area contributed by atoms with Crippen molar-refractivity contribution in [2.75, 3.05) is 11.9 Å². The molecule has 180 valence electrons. The Kier molecular flexibility index (Phi) is 6.82. The van der Waals surface area contributed by atoms with E-state index in [0.717, 1.165) is 39.7 Å². The number of carbonyl (C=O) groups excluding carboxylic acids is 2. The van der Waals surface area contributed by atoms with Gasteiger partial charge in [-0.1, -0.05) is 52.3 Å².